The summed E-state index contributed by atoms with van der Waals surface area (Å²) in [5.74, 6) is 0. The van der Waals surface area contributed by atoms with E-state index in [1.54, 1.807) is 0 Å². The van der Waals surface area contributed by atoms with Crippen molar-refractivity contribution in [2.75, 3.05) is 38.2 Å². The molecule has 4 nitrogen and oxygen atoms in total. The third-order valence-electron chi connectivity index (χ3n) is 4.69. The highest BCUT2D eigenvalue weighted by Crippen LogP contribution is 2.18. The van der Waals surface area contributed by atoms with Gasteiger partial charge in [-0.25, -0.2) is 0 Å². The van der Waals surface area contributed by atoms with E-state index < -0.39 is 0 Å². The maximum Gasteiger partial charge on any atom is 0.171 e. The number of hydrogen-bond acceptors (Lipinski definition) is 3. The summed E-state index contributed by atoms with van der Waals surface area (Å²) in [5.41, 5.74) is 4.70. The van der Waals surface area contributed by atoms with Crippen LogP contribution in [0.4, 0.5) is 5.69 Å². The van der Waals surface area contributed by atoms with Crippen molar-refractivity contribution in [3.8, 4) is 0 Å². The molecule has 0 bridgehead atoms. The van der Waals surface area contributed by atoms with Gasteiger partial charge in [0.25, 0.3) is 0 Å². The summed E-state index contributed by atoms with van der Waals surface area (Å²) in [4.78, 5) is 2.43. The van der Waals surface area contributed by atoms with Crippen LogP contribution < -0.4 is 10.6 Å². The van der Waals surface area contributed by atoms with Crippen LogP contribution in [0, 0.1) is 13.8 Å². The number of benzene rings is 2. The van der Waals surface area contributed by atoms with Crippen LogP contribution in [0.2, 0.25) is 0 Å². The minimum absolute atomic E-state index is 0.138. The van der Waals surface area contributed by atoms with Gasteiger partial charge in [0.2, 0.25) is 0 Å². The summed E-state index contributed by atoms with van der Waals surface area (Å²) in [6.45, 7) is 8.60. The summed E-state index contributed by atoms with van der Waals surface area (Å²) in [7, 11) is 0. The average molecular weight is 370 g/mol. The first-order chi connectivity index (χ1) is 12.6. The van der Waals surface area contributed by atoms with E-state index >= 15 is 0 Å². The molecule has 0 radical (unpaired) electrons. The van der Waals surface area contributed by atoms with Crippen molar-refractivity contribution in [3.05, 3.63) is 65.2 Å². The summed E-state index contributed by atoms with van der Waals surface area (Å²) in [5, 5.41) is 7.53. The van der Waals surface area contributed by atoms with Crippen LogP contribution in [0.1, 0.15) is 22.7 Å². The van der Waals surface area contributed by atoms with E-state index in [-0.39, 0.29) is 6.04 Å². The number of morpholine rings is 1. The molecule has 1 aliphatic rings. The molecular weight excluding hydrogens is 342 g/mol. The second kappa shape index (κ2) is 9.12. The van der Waals surface area contributed by atoms with Crippen molar-refractivity contribution < 1.29 is 4.74 Å². The highest BCUT2D eigenvalue weighted by Gasteiger charge is 2.19. The van der Waals surface area contributed by atoms with Crippen LogP contribution >= 0.6 is 12.2 Å². The van der Waals surface area contributed by atoms with Crippen LogP contribution in [0.25, 0.3) is 0 Å². The van der Waals surface area contributed by atoms with Gasteiger partial charge in [-0.15, -0.1) is 0 Å². The fraction of sp³-hybridized carbons (Fsp3) is 0.381. The molecule has 0 spiro atoms. The average Bonchev–Trinajstić information content (AvgIpc) is 2.66. The molecule has 26 heavy (non-hydrogen) atoms. The second-order valence-electron chi connectivity index (χ2n) is 6.79. The molecule has 2 aromatic carbocycles. The van der Waals surface area contributed by atoms with Gasteiger partial charge in [-0.2, -0.15) is 0 Å². The van der Waals surface area contributed by atoms with Crippen molar-refractivity contribution in [1.29, 1.82) is 0 Å². The molecule has 0 saturated carbocycles. The lowest BCUT2D eigenvalue weighted by atomic mass is 10.1. The Morgan fingerprint density at radius 2 is 1.85 bits per heavy atom. The van der Waals surface area contributed by atoms with Gasteiger partial charge in [-0.1, -0.05) is 42.5 Å². The van der Waals surface area contributed by atoms with E-state index in [2.05, 4.69) is 71.8 Å². The standard InChI is InChI=1S/C21H27N3OS/c1-16-8-9-17(2)19(14-16)22-21(26)23-20(18-6-4-3-5-7-18)15-24-10-12-25-13-11-24/h3-9,14,20H,10-13,15H2,1-2H3,(H2,22,23,26)/t20-/m0/s1. The van der Waals surface area contributed by atoms with E-state index in [9.17, 15) is 0 Å². The number of rotatable bonds is 5. The van der Waals surface area contributed by atoms with E-state index in [1.807, 2.05) is 6.07 Å². The third-order valence-corrected chi connectivity index (χ3v) is 4.91. The molecule has 1 fully saturated rings. The second-order valence-corrected chi connectivity index (χ2v) is 7.20. The molecule has 3 rings (SSSR count). The summed E-state index contributed by atoms with van der Waals surface area (Å²) >= 11 is 5.62. The van der Waals surface area contributed by atoms with E-state index in [0.717, 1.165) is 38.5 Å². The molecule has 1 atom stereocenters. The number of ether oxygens (including phenoxy) is 1. The Morgan fingerprint density at radius 3 is 2.58 bits per heavy atom. The Kier molecular flexibility index (Phi) is 6.61. The number of anilines is 1. The zero-order valence-corrected chi connectivity index (χ0v) is 16.3. The lowest BCUT2D eigenvalue weighted by Crippen LogP contribution is -2.44. The van der Waals surface area contributed by atoms with Gasteiger partial charge in [0.05, 0.1) is 19.3 Å². The molecule has 2 N–H and O–H groups in total. The predicted molar refractivity (Wildman–Crippen MR) is 112 cm³/mol. The highest BCUT2D eigenvalue weighted by atomic mass is 32.1. The van der Waals surface area contributed by atoms with Gasteiger partial charge in [0.1, 0.15) is 0 Å². The van der Waals surface area contributed by atoms with Gasteiger partial charge in [0, 0.05) is 25.3 Å². The Balaban J connectivity index is 1.70. The number of nitrogens with zero attached hydrogens (tertiary/aromatic N) is 1. The fourth-order valence-corrected chi connectivity index (χ4v) is 3.40. The maximum atomic E-state index is 5.62. The molecule has 1 aliphatic heterocycles. The molecule has 1 heterocycles. The number of hydrogen-bond donors (Lipinski definition) is 2. The molecule has 0 amide bonds. The Labute approximate surface area is 161 Å². The van der Waals surface area contributed by atoms with Crippen LogP contribution in [0.3, 0.4) is 0 Å². The Bertz CT molecular complexity index is 729. The van der Waals surface area contributed by atoms with Crippen LogP contribution in [-0.4, -0.2) is 42.9 Å². The smallest absolute Gasteiger partial charge is 0.171 e. The van der Waals surface area contributed by atoms with Crippen LogP contribution in [0.5, 0.6) is 0 Å². The number of nitrogens with one attached hydrogen (secondary N) is 2. The largest absolute Gasteiger partial charge is 0.379 e. The molecule has 0 unspecified atom stereocenters. The molecule has 1 saturated heterocycles. The van der Waals surface area contributed by atoms with Crippen molar-refractivity contribution in [2.45, 2.75) is 19.9 Å². The van der Waals surface area contributed by atoms with Crippen molar-refractivity contribution >= 4 is 23.0 Å². The topological polar surface area (TPSA) is 36.5 Å². The highest BCUT2D eigenvalue weighted by molar-refractivity contribution is 7.80. The maximum absolute atomic E-state index is 5.62. The summed E-state index contributed by atoms with van der Waals surface area (Å²) in [6.07, 6.45) is 0. The summed E-state index contributed by atoms with van der Waals surface area (Å²) in [6, 6.07) is 17.0. The normalized spacial score (nSPS) is 16.1. The van der Waals surface area contributed by atoms with Crippen molar-refractivity contribution in [2.24, 2.45) is 0 Å². The van der Waals surface area contributed by atoms with E-state index in [4.69, 9.17) is 17.0 Å². The zero-order valence-electron chi connectivity index (χ0n) is 15.5. The first kappa shape index (κ1) is 18.8. The predicted octanol–water partition coefficient (Wildman–Crippen LogP) is 3.66. The summed E-state index contributed by atoms with van der Waals surface area (Å²) < 4.78 is 5.47. The van der Waals surface area contributed by atoms with Gasteiger partial charge >= 0.3 is 0 Å². The minimum Gasteiger partial charge on any atom is -0.379 e. The van der Waals surface area contributed by atoms with E-state index in [0.29, 0.717) is 5.11 Å². The van der Waals surface area contributed by atoms with Crippen molar-refractivity contribution in [1.82, 2.24) is 10.2 Å². The van der Waals surface area contributed by atoms with Crippen molar-refractivity contribution in [3.63, 3.8) is 0 Å². The van der Waals surface area contributed by atoms with Gasteiger partial charge in [0.15, 0.2) is 5.11 Å². The van der Waals surface area contributed by atoms with Gasteiger partial charge in [-0.3, -0.25) is 4.90 Å². The molecule has 138 valence electrons. The SMILES string of the molecule is Cc1ccc(C)c(NC(=S)N[C@@H](CN2CCOCC2)c2ccccc2)c1. The number of aryl methyl sites for hydroxylation is 2. The first-order valence-corrected chi connectivity index (χ1v) is 9.52. The molecule has 0 aromatic heterocycles. The Morgan fingerprint density at radius 1 is 1.12 bits per heavy atom. The third kappa shape index (κ3) is 5.27. The lowest BCUT2D eigenvalue weighted by molar-refractivity contribution is 0.0344. The monoisotopic (exact) mass is 369 g/mol. The first-order valence-electron chi connectivity index (χ1n) is 9.11. The Hall–Kier alpha value is -1.95. The fourth-order valence-electron chi connectivity index (χ4n) is 3.15. The lowest BCUT2D eigenvalue weighted by Gasteiger charge is -2.31. The molecular formula is C21H27N3OS. The molecule has 2 aromatic rings. The van der Waals surface area contributed by atoms with Gasteiger partial charge in [-0.05, 0) is 48.8 Å². The van der Waals surface area contributed by atoms with E-state index in [1.165, 1.54) is 16.7 Å². The van der Waals surface area contributed by atoms with Gasteiger partial charge < -0.3 is 15.4 Å². The zero-order chi connectivity index (χ0) is 18.4. The molecule has 5 heteroatoms. The van der Waals surface area contributed by atoms with Crippen LogP contribution in [0.15, 0.2) is 48.5 Å². The minimum atomic E-state index is 0.138. The molecule has 0 aliphatic carbocycles. The number of thiocarbonyl (C=S) groups is 1. The quantitative estimate of drug-likeness (QED) is 0.787. The van der Waals surface area contributed by atoms with Crippen LogP contribution in [-0.2, 0) is 4.74 Å².